The summed E-state index contributed by atoms with van der Waals surface area (Å²) in [7, 11) is -5.15. The molecule has 15 nitrogen and oxygen atoms in total. The van der Waals surface area contributed by atoms with Crippen molar-refractivity contribution in [3.8, 4) is 50.1 Å². The van der Waals surface area contributed by atoms with E-state index < -0.39 is 25.8 Å². The van der Waals surface area contributed by atoms with Gasteiger partial charge < -0.3 is 40.7 Å². The van der Waals surface area contributed by atoms with Gasteiger partial charge >= 0.3 is 25.8 Å². The summed E-state index contributed by atoms with van der Waals surface area (Å²) in [6.07, 6.45) is 10.0. The minimum Gasteiger partial charge on any atom is -0.408 e. The summed E-state index contributed by atoms with van der Waals surface area (Å²) in [5, 5.41) is 10.9. The zero-order chi connectivity index (χ0) is 50.7. The van der Waals surface area contributed by atoms with Crippen LogP contribution in [0.25, 0.3) is 32.7 Å². The highest BCUT2D eigenvalue weighted by atomic mass is 32.1. The Bertz CT molecular complexity index is 3210. The van der Waals surface area contributed by atoms with Crippen molar-refractivity contribution in [1.82, 2.24) is 29.9 Å². The second kappa shape index (κ2) is 26.2. The molecule has 3 aromatic carbocycles. The van der Waals surface area contributed by atoms with Crippen molar-refractivity contribution in [1.29, 1.82) is 0 Å². The molecule has 0 unspecified atom stereocenters. The molecule has 0 saturated carbocycles. The zero-order valence-corrected chi connectivity index (χ0v) is 44.1. The third-order valence-corrected chi connectivity index (χ3v) is 15.4. The molecule has 0 bridgehead atoms. The van der Waals surface area contributed by atoms with Crippen LogP contribution in [0.3, 0.4) is 0 Å². The topological polar surface area (TPSA) is 160 Å². The van der Waals surface area contributed by atoms with Crippen molar-refractivity contribution in [2.24, 2.45) is 0 Å². The number of hydrogen-bond acceptors (Lipinski definition) is 18. The number of fused-ring (bicyclic) bond motifs is 3. The van der Waals surface area contributed by atoms with E-state index in [0.29, 0.717) is 34.9 Å². The number of hydrogen-bond donors (Lipinski definition) is 0. The van der Waals surface area contributed by atoms with Crippen molar-refractivity contribution in [2.75, 3.05) is 0 Å². The largest absolute Gasteiger partial charge is 0.534 e. The second-order valence-corrected chi connectivity index (χ2v) is 20.5. The fraction of sp³-hybridized carbons (Fsp3) is 0. The van der Waals surface area contributed by atoms with Crippen LogP contribution in [0.5, 0.6) is 50.1 Å². The Hall–Kier alpha value is -8.07. The predicted molar refractivity (Wildman–Crippen MR) is 297 cm³/mol. The summed E-state index contributed by atoms with van der Waals surface area (Å²) in [6.45, 7) is 0. The first-order valence-electron chi connectivity index (χ1n) is 22.5. The maximum Gasteiger partial charge on any atom is 0.534 e. The molecule has 21 heteroatoms. The van der Waals surface area contributed by atoms with Gasteiger partial charge in [-0.15, -0.1) is 34.0 Å². The summed E-state index contributed by atoms with van der Waals surface area (Å²) in [4.78, 5) is 25.6. The Labute approximate surface area is 445 Å². The summed E-state index contributed by atoms with van der Waals surface area (Å²) in [5.41, 5.74) is 2.50. The smallest absolute Gasteiger partial charge is 0.408 e. The van der Waals surface area contributed by atoms with Crippen LogP contribution >= 0.6 is 59.8 Å². The van der Waals surface area contributed by atoms with Gasteiger partial charge in [0.25, 0.3) is 0 Å². The average molecular weight is 1110 g/mol. The van der Waals surface area contributed by atoms with Gasteiger partial charge in [-0.3, -0.25) is 15.0 Å². The van der Waals surface area contributed by atoms with Crippen molar-refractivity contribution < 1.29 is 40.7 Å². The molecule has 0 N–H and O–H groups in total. The van der Waals surface area contributed by atoms with Crippen molar-refractivity contribution in [2.45, 2.75) is 0 Å². The van der Waals surface area contributed by atoms with Crippen molar-refractivity contribution >= 4 is 92.5 Å². The van der Waals surface area contributed by atoms with Crippen LogP contribution in [0.4, 0.5) is 0 Å². The third-order valence-electron chi connectivity index (χ3n) is 9.74. The first-order chi connectivity index (χ1) is 37.1. The highest BCUT2D eigenvalue weighted by Crippen LogP contribution is 2.48. The summed E-state index contributed by atoms with van der Waals surface area (Å²) in [6, 6.07) is 56.4. The molecule has 9 aromatic heterocycles. The number of para-hydroxylation sites is 3. The molecule has 12 rings (SSSR count). The van der Waals surface area contributed by atoms with Gasteiger partial charge in [-0.1, -0.05) is 54.6 Å². The van der Waals surface area contributed by atoms with Crippen molar-refractivity contribution in [3.63, 3.8) is 0 Å². The van der Waals surface area contributed by atoms with Crippen LogP contribution in [-0.2, 0) is 0 Å². The standard InChI is InChI=1S/C27H18N3O3P.C15H12N3O3P.C12H9O3PS3/c1-4-10-22-19(7-1)25(13-16-28-22)31-34(32-26-14-17-29-23-11-5-2-8-20(23)26)33-27-15-18-30-24-12-6-3-9-21(24)27;1-4-10-16-13(7-1)19-22(20-14-8-2-5-11-17-14)21-15-9-3-6-12-18-15;1-4-10(17-7-1)13-16(14-11-5-2-8-18-11)15-12-6-3-9-19-12/h1-18H;1-12H;1-9H. The fourth-order valence-electron chi connectivity index (χ4n) is 6.46. The van der Waals surface area contributed by atoms with E-state index in [2.05, 4.69) is 29.9 Å². The molecular formula is C54H39N6O9P3S3. The van der Waals surface area contributed by atoms with Crippen LogP contribution in [0.15, 0.2) is 235 Å². The lowest BCUT2D eigenvalue weighted by atomic mass is 10.2. The van der Waals surface area contributed by atoms with Crippen LogP contribution in [-0.4, -0.2) is 29.9 Å². The van der Waals surface area contributed by atoms with E-state index in [9.17, 15) is 0 Å². The summed E-state index contributed by atoms with van der Waals surface area (Å²) in [5.74, 6) is 3.11. The van der Waals surface area contributed by atoms with E-state index in [-0.39, 0.29) is 0 Å². The molecule has 0 aliphatic carbocycles. The van der Waals surface area contributed by atoms with Crippen LogP contribution in [0, 0.1) is 0 Å². The fourth-order valence-corrected chi connectivity index (χ4v) is 11.6. The number of aromatic nitrogens is 6. The number of thiophene rings is 3. The Balaban J connectivity index is 0.000000136. The van der Waals surface area contributed by atoms with Gasteiger partial charge in [0, 0.05) is 71.5 Å². The van der Waals surface area contributed by atoms with Crippen LogP contribution in [0.1, 0.15) is 0 Å². The van der Waals surface area contributed by atoms with Gasteiger partial charge in [-0.2, -0.15) is 0 Å². The highest BCUT2D eigenvalue weighted by molar-refractivity contribution is 7.44. The number of nitrogens with zero attached hydrogens (tertiary/aromatic N) is 6. The van der Waals surface area contributed by atoms with Gasteiger partial charge in [0.1, 0.15) is 17.2 Å². The number of pyridine rings is 6. The first-order valence-corrected chi connectivity index (χ1v) is 28.4. The minimum absolute atomic E-state index is 0.403. The Morgan fingerprint density at radius 3 is 0.867 bits per heavy atom. The van der Waals surface area contributed by atoms with Gasteiger partial charge in [-0.05, 0) is 125 Å². The molecule has 0 atom stereocenters. The molecule has 0 saturated heterocycles. The predicted octanol–water partition coefficient (Wildman–Crippen LogP) is 16.4. The lowest BCUT2D eigenvalue weighted by molar-refractivity contribution is 0.370. The maximum atomic E-state index is 6.37. The van der Waals surface area contributed by atoms with Crippen LogP contribution in [0.2, 0.25) is 0 Å². The Morgan fingerprint density at radius 1 is 0.253 bits per heavy atom. The van der Waals surface area contributed by atoms with E-state index in [1.165, 1.54) is 34.0 Å². The van der Waals surface area contributed by atoms with E-state index in [0.717, 1.165) is 47.9 Å². The van der Waals surface area contributed by atoms with Gasteiger partial charge in [-0.25, -0.2) is 15.0 Å². The Morgan fingerprint density at radius 2 is 0.560 bits per heavy atom. The lowest BCUT2D eigenvalue weighted by Gasteiger charge is -2.20. The average Bonchev–Trinajstić information content (AvgIpc) is 4.29. The molecule has 0 aliphatic rings. The van der Waals surface area contributed by atoms with Crippen molar-refractivity contribution in [3.05, 3.63) is 235 Å². The molecule has 0 amide bonds. The SMILES string of the molecule is c1ccc(OP(Oc2ccccn2)Oc2ccccn2)nc1.c1ccc2c(OP(Oc3ccnc4ccccc34)Oc3ccnc4ccccc34)ccnc2c1.c1csc(OP(Oc2cccs2)Oc2cccs2)c1. The number of rotatable bonds is 18. The quantitative estimate of drug-likeness (QED) is 0.0746. The Kier molecular flexibility index (Phi) is 17.7. The molecule has 75 heavy (non-hydrogen) atoms. The van der Waals surface area contributed by atoms with E-state index in [1.54, 1.807) is 73.6 Å². The number of benzene rings is 3. The van der Waals surface area contributed by atoms with Crippen LogP contribution < -0.4 is 40.7 Å². The minimum atomic E-state index is -1.89. The maximum absolute atomic E-state index is 6.37. The summed E-state index contributed by atoms with van der Waals surface area (Å²) < 4.78 is 53.3. The second-order valence-electron chi connectivity index (χ2n) is 14.8. The zero-order valence-electron chi connectivity index (χ0n) is 38.9. The monoisotopic (exact) mass is 1100 g/mol. The molecule has 0 fully saturated rings. The molecule has 0 radical (unpaired) electrons. The molecule has 0 aliphatic heterocycles. The van der Waals surface area contributed by atoms with Gasteiger partial charge in [0.15, 0.2) is 15.2 Å². The lowest BCUT2D eigenvalue weighted by Crippen LogP contribution is -2.04. The van der Waals surface area contributed by atoms with E-state index >= 15 is 0 Å². The molecule has 0 spiro atoms. The molecule has 9 heterocycles. The van der Waals surface area contributed by atoms with E-state index in [4.69, 9.17) is 40.7 Å². The summed E-state index contributed by atoms with van der Waals surface area (Å²) >= 11 is 4.55. The molecule has 12 aromatic rings. The highest BCUT2D eigenvalue weighted by Gasteiger charge is 2.25. The molecule has 372 valence electrons. The normalized spacial score (nSPS) is 10.8. The first kappa shape index (κ1) is 50.5. The molecular weight excluding hydrogens is 1070 g/mol. The van der Waals surface area contributed by atoms with Gasteiger partial charge in [0.2, 0.25) is 17.6 Å². The third kappa shape index (κ3) is 14.6. The van der Waals surface area contributed by atoms with E-state index in [1.807, 2.05) is 162 Å². The van der Waals surface area contributed by atoms with Gasteiger partial charge in [0.05, 0.1) is 16.6 Å².